The van der Waals surface area contributed by atoms with Gasteiger partial charge in [-0.25, -0.2) is 0 Å². The summed E-state index contributed by atoms with van der Waals surface area (Å²) >= 11 is 0. The number of rotatable bonds is 2. The van der Waals surface area contributed by atoms with Gasteiger partial charge in [-0.2, -0.15) is 0 Å². The lowest BCUT2D eigenvalue weighted by atomic mass is 9.72. The van der Waals surface area contributed by atoms with Crippen LogP contribution in [0.15, 0.2) is 0 Å². The molecule has 16 heavy (non-hydrogen) atoms. The summed E-state index contributed by atoms with van der Waals surface area (Å²) in [6, 6.07) is 0. The molecule has 3 nitrogen and oxygen atoms in total. The van der Waals surface area contributed by atoms with Gasteiger partial charge in [-0.15, -0.1) is 7.92 Å². The van der Waals surface area contributed by atoms with Gasteiger partial charge in [-0.3, -0.25) is 4.79 Å². The molecule has 0 aromatic rings. The Morgan fingerprint density at radius 1 is 1.38 bits per heavy atom. The van der Waals surface area contributed by atoms with Gasteiger partial charge in [0.25, 0.3) is 0 Å². The van der Waals surface area contributed by atoms with Crippen LogP contribution in [0.3, 0.4) is 0 Å². The fourth-order valence-electron chi connectivity index (χ4n) is 3.82. The molecule has 2 N–H and O–H groups in total. The summed E-state index contributed by atoms with van der Waals surface area (Å²) < 4.78 is 0. The second-order valence-corrected chi connectivity index (χ2v) is 8.02. The Morgan fingerprint density at radius 3 is 2.62 bits per heavy atom. The number of carboxylic acid groups (broad SMARTS) is 1. The van der Waals surface area contributed by atoms with Crippen molar-refractivity contribution in [2.45, 2.75) is 25.8 Å². The van der Waals surface area contributed by atoms with Crippen LogP contribution in [0.2, 0.25) is 0 Å². The van der Waals surface area contributed by atoms with Crippen LogP contribution in [-0.4, -0.2) is 42.1 Å². The third-order valence-electron chi connectivity index (χ3n) is 4.46. The Balaban J connectivity index is 2.32. The van der Waals surface area contributed by atoms with Crippen molar-refractivity contribution in [3.8, 4) is 0 Å². The van der Waals surface area contributed by atoms with Crippen molar-refractivity contribution in [1.29, 1.82) is 0 Å². The largest absolute Gasteiger partial charge is 0.480 e. The van der Waals surface area contributed by atoms with Crippen molar-refractivity contribution < 1.29 is 9.90 Å². The third kappa shape index (κ3) is 1.69. The quantitative estimate of drug-likeness (QED) is 0.727. The fourth-order valence-corrected chi connectivity index (χ4v) is 7.42. The summed E-state index contributed by atoms with van der Waals surface area (Å²) in [6.45, 7) is 4.39. The maximum Gasteiger partial charge on any atom is 0.324 e. The zero-order valence-electron chi connectivity index (χ0n) is 10.4. The number of hydrogen-bond acceptors (Lipinski definition) is 2. The molecule has 92 valence electrons. The average Bonchev–Trinajstić information content (AvgIpc) is 2.16. The summed E-state index contributed by atoms with van der Waals surface area (Å²) in [5, 5.41) is 12.8. The predicted octanol–water partition coefficient (Wildman–Crippen LogP) is 1.82. The van der Waals surface area contributed by atoms with E-state index in [2.05, 4.69) is 19.2 Å². The monoisotopic (exact) mass is 243 g/mol. The lowest BCUT2D eigenvalue weighted by Crippen LogP contribution is -2.65. The van der Waals surface area contributed by atoms with E-state index in [9.17, 15) is 9.90 Å². The van der Waals surface area contributed by atoms with Gasteiger partial charge in [0.2, 0.25) is 0 Å². The van der Waals surface area contributed by atoms with Crippen LogP contribution in [-0.2, 0) is 4.79 Å². The molecular formula is C12H22NO2P. The Hall–Kier alpha value is -0.140. The van der Waals surface area contributed by atoms with Crippen LogP contribution >= 0.6 is 7.92 Å². The van der Waals surface area contributed by atoms with E-state index in [-0.39, 0.29) is 13.8 Å². The van der Waals surface area contributed by atoms with E-state index in [1.165, 1.54) is 6.16 Å². The molecule has 0 aromatic carbocycles. The third-order valence-corrected chi connectivity index (χ3v) is 7.62. The maximum absolute atomic E-state index is 11.7. The average molecular weight is 243 g/mol. The molecule has 2 rings (SSSR count). The Kier molecular flexibility index (Phi) is 3.29. The van der Waals surface area contributed by atoms with Crippen molar-refractivity contribution in [3.05, 3.63) is 0 Å². The van der Waals surface area contributed by atoms with Crippen LogP contribution in [0, 0.1) is 17.8 Å². The molecule has 5 unspecified atom stereocenters. The van der Waals surface area contributed by atoms with Gasteiger partial charge in [-0.1, -0.05) is 13.8 Å². The van der Waals surface area contributed by atoms with Crippen LogP contribution in [0.5, 0.6) is 0 Å². The van der Waals surface area contributed by atoms with Crippen molar-refractivity contribution >= 4 is 13.9 Å². The number of carbonyl (C=O) groups is 1. The maximum atomic E-state index is 11.7. The summed E-state index contributed by atoms with van der Waals surface area (Å²) in [5.74, 6) is 0.682. The number of carboxylic acids is 1. The number of fused-ring (bicyclic) bond motifs is 2. The standard InChI is InChI=1S/C12H22NO2P/c1-8-4-10-7-16(5-8)6-9(2)12(10,13-3)11(14)15/h8-10,13H,4-7H2,1-3H3,(H,14,15). The molecule has 0 amide bonds. The van der Waals surface area contributed by atoms with Crippen molar-refractivity contribution in [2.24, 2.45) is 17.8 Å². The van der Waals surface area contributed by atoms with Gasteiger partial charge in [0.1, 0.15) is 5.54 Å². The Morgan fingerprint density at radius 2 is 2.06 bits per heavy atom. The molecule has 2 aliphatic rings. The van der Waals surface area contributed by atoms with Crippen LogP contribution in [0.4, 0.5) is 0 Å². The van der Waals surface area contributed by atoms with Gasteiger partial charge < -0.3 is 10.4 Å². The van der Waals surface area contributed by atoms with Crippen LogP contribution in [0.1, 0.15) is 20.3 Å². The highest BCUT2D eigenvalue weighted by Crippen LogP contribution is 2.56. The van der Waals surface area contributed by atoms with Crippen molar-refractivity contribution in [2.75, 3.05) is 25.5 Å². The highest BCUT2D eigenvalue weighted by atomic mass is 31.1. The zero-order valence-corrected chi connectivity index (χ0v) is 11.3. The first kappa shape index (κ1) is 12.3. The van der Waals surface area contributed by atoms with E-state index >= 15 is 0 Å². The van der Waals surface area contributed by atoms with E-state index in [0.717, 1.165) is 18.7 Å². The van der Waals surface area contributed by atoms with Gasteiger partial charge in [0.15, 0.2) is 0 Å². The molecule has 5 atom stereocenters. The molecule has 2 bridgehead atoms. The van der Waals surface area contributed by atoms with Crippen molar-refractivity contribution in [1.82, 2.24) is 5.32 Å². The molecule has 0 spiro atoms. The second-order valence-electron chi connectivity index (χ2n) is 5.58. The fraction of sp³-hybridized carbons (Fsp3) is 0.917. The minimum Gasteiger partial charge on any atom is -0.480 e. The van der Waals surface area contributed by atoms with E-state index in [0.29, 0.717) is 11.8 Å². The zero-order chi connectivity index (χ0) is 11.9. The molecule has 0 radical (unpaired) electrons. The molecule has 4 heteroatoms. The van der Waals surface area contributed by atoms with Crippen molar-refractivity contribution in [3.63, 3.8) is 0 Å². The lowest BCUT2D eigenvalue weighted by molar-refractivity contribution is -0.150. The smallest absolute Gasteiger partial charge is 0.324 e. The Labute approximate surface area is 98.7 Å². The lowest BCUT2D eigenvalue weighted by Gasteiger charge is -2.52. The molecule has 2 heterocycles. The first-order valence-electron chi connectivity index (χ1n) is 6.15. The van der Waals surface area contributed by atoms with Crippen LogP contribution < -0.4 is 5.32 Å². The first-order chi connectivity index (χ1) is 7.50. The molecule has 0 saturated carbocycles. The van der Waals surface area contributed by atoms with E-state index in [4.69, 9.17) is 0 Å². The molecule has 0 aromatic heterocycles. The minimum absolute atomic E-state index is 0.107. The minimum atomic E-state index is -0.659. The summed E-state index contributed by atoms with van der Waals surface area (Å²) in [4.78, 5) is 11.7. The molecule has 0 aliphatic carbocycles. The van der Waals surface area contributed by atoms with E-state index < -0.39 is 11.5 Å². The molecule has 2 saturated heterocycles. The molecular weight excluding hydrogens is 221 g/mol. The van der Waals surface area contributed by atoms with Gasteiger partial charge >= 0.3 is 5.97 Å². The second kappa shape index (κ2) is 4.27. The topological polar surface area (TPSA) is 49.3 Å². The molecule has 2 aliphatic heterocycles. The van der Waals surface area contributed by atoms with E-state index in [1.807, 2.05) is 7.05 Å². The number of likely N-dealkylation sites (N-methyl/N-ethyl adjacent to an activating group) is 1. The number of nitrogens with one attached hydrogen (secondary N) is 1. The van der Waals surface area contributed by atoms with Gasteiger partial charge in [-0.05, 0) is 49.7 Å². The summed E-state index contributed by atoms with van der Waals surface area (Å²) in [6.07, 6.45) is 4.73. The van der Waals surface area contributed by atoms with E-state index in [1.54, 1.807) is 0 Å². The predicted molar refractivity (Wildman–Crippen MR) is 67.4 cm³/mol. The Bertz CT molecular complexity index is 293. The van der Waals surface area contributed by atoms with Crippen LogP contribution in [0.25, 0.3) is 0 Å². The van der Waals surface area contributed by atoms with Gasteiger partial charge in [0, 0.05) is 0 Å². The normalized spacial score (nSPS) is 47.7. The first-order valence-corrected chi connectivity index (χ1v) is 8.05. The number of aliphatic carboxylic acids is 1. The SMILES string of the molecule is CNC1(C(=O)O)C(C)CP2CC(C)CC1C2. The number of hydrogen-bond donors (Lipinski definition) is 2. The van der Waals surface area contributed by atoms with Gasteiger partial charge in [0.05, 0.1) is 0 Å². The highest BCUT2D eigenvalue weighted by Gasteiger charge is 2.54. The summed E-state index contributed by atoms with van der Waals surface area (Å²) in [7, 11) is 1.92. The summed E-state index contributed by atoms with van der Waals surface area (Å²) in [5.41, 5.74) is -0.659. The highest BCUT2D eigenvalue weighted by molar-refractivity contribution is 7.57. The molecule has 2 fully saturated rings.